The number of carbonyl (C=O) groups is 1. The second kappa shape index (κ2) is 5.98. The third-order valence-corrected chi connectivity index (χ3v) is 2.52. The van der Waals surface area contributed by atoms with Crippen LogP contribution in [0, 0.1) is 5.92 Å². The molecule has 1 atom stereocenters. The third-order valence-electron chi connectivity index (χ3n) is 2.52. The van der Waals surface area contributed by atoms with Gasteiger partial charge in [-0.3, -0.25) is 0 Å². The molecule has 1 fully saturated rings. The minimum Gasteiger partial charge on any atom is -0.479 e. The van der Waals surface area contributed by atoms with Crippen LogP contribution in [0.5, 0.6) is 0 Å². The lowest BCUT2D eigenvalue weighted by Crippen LogP contribution is -2.28. The molecule has 0 saturated carbocycles. The summed E-state index contributed by atoms with van der Waals surface area (Å²) < 4.78 is 10.5. The van der Waals surface area contributed by atoms with Gasteiger partial charge in [-0.15, -0.1) is 0 Å². The fourth-order valence-electron chi connectivity index (χ4n) is 1.53. The van der Waals surface area contributed by atoms with Gasteiger partial charge in [0.05, 0.1) is 6.61 Å². The molecular formula is C10H18O4. The first-order valence-corrected chi connectivity index (χ1v) is 5.16. The van der Waals surface area contributed by atoms with Crippen LogP contribution in [-0.4, -0.2) is 37.0 Å². The fraction of sp³-hybridized carbons (Fsp3) is 0.900. The molecule has 1 aliphatic rings. The van der Waals surface area contributed by atoms with E-state index in [1.54, 1.807) is 0 Å². The van der Waals surface area contributed by atoms with Crippen molar-refractivity contribution in [2.45, 2.75) is 32.3 Å². The summed E-state index contributed by atoms with van der Waals surface area (Å²) in [6, 6.07) is 0. The molecule has 1 unspecified atom stereocenters. The van der Waals surface area contributed by atoms with E-state index in [0.29, 0.717) is 18.9 Å². The number of carboxylic acid groups (broad SMARTS) is 1. The third kappa shape index (κ3) is 3.64. The number of carboxylic acids is 1. The van der Waals surface area contributed by atoms with Crippen LogP contribution in [-0.2, 0) is 14.3 Å². The van der Waals surface area contributed by atoms with Crippen molar-refractivity contribution in [1.82, 2.24) is 0 Å². The van der Waals surface area contributed by atoms with E-state index in [9.17, 15) is 4.79 Å². The SMILES string of the molecule is CCC(OCC1CCOCC1)C(=O)O. The summed E-state index contributed by atoms with van der Waals surface area (Å²) in [4.78, 5) is 10.7. The monoisotopic (exact) mass is 202 g/mol. The molecule has 4 nitrogen and oxygen atoms in total. The largest absolute Gasteiger partial charge is 0.479 e. The molecule has 0 amide bonds. The fourth-order valence-corrected chi connectivity index (χ4v) is 1.53. The molecule has 1 heterocycles. The highest BCUT2D eigenvalue weighted by atomic mass is 16.5. The highest BCUT2D eigenvalue weighted by Crippen LogP contribution is 2.15. The minimum absolute atomic E-state index is 0.470. The number of hydrogen-bond donors (Lipinski definition) is 1. The molecule has 14 heavy (non-hydrogen) atoms. The van der Waals surface area contributed by atoms with Crippen LogP contribution in [0.2, 0.25) is 0 Å². The Morgan fingerprint density at radius 3 is 2.71 bits per heavy atom. The molecule has 0 aromatic carbocycles. The van der Waals surface area contributed by atoms with Gasteiger partial charge in [0, 0.05) is 13.2 Å². The van der Waals surface area contributed by atoms with E-state index in [4.69, 9.17) is 14.6 Å². The zero-order valence-corrected chi connectivity index (χ0v) is 8.57. The Hall–Kier alpha value is -0.610. The lowest BCUT2D eigenvalue weighted by molar-refractivity contribution is -0.152. The molecule has 1 saturated heterocycles. The average molecular weight is 202 g/mol. The standard InChI is InChI=1S/C10H18O4/c1-2-9(10(11)12)14-7-8-3-5-13-6-4-8/h8-9H,2-7H2,1H3,(H,11,12). The van der Waals surface area contributed by atoms with Gasteiger partial charge in [0.25, 0.3) is 0 Å². The molecule has 1 aliphatic heterocycles. The Kier molecular flexibility index (Phi) is 4.90. The van der Waals surface area contributed by atoms with E-state index in [1.165, 1.54) is 0 Å². The van der Waals surface area contributed by atoms with Gasteiger partial charge in [0.15, 0.2) is 6.10 Å². The first-order valence-electron chi connectivity index (χ1n) is 5.16. The van der Waals surface area contributed by atoms with Crippen LogP contribution in [0.3, 0.4) is 0 Å². The van der Waals surface area contributed by atoms with Crippen molar-refractivity contribution in [2.24, 2.45) is 5.92 Å². The molecule has 0 aromatic rings. The molecule has 0 aliphatic carbocycles. The molecule has 0 aromatic heterocycles. The van der Waals surface area contributed by atoms with E-state index >= 15 is 0 Å². The summed E-state index contributed by atoms with van der Waals surface area (Å²) in [5, 5.41) is 8.75. The Balaban J connectivity index is 2.20. The van der Waals surface area contributed by atoms with E-state index in [2.05, 4.69) is 0 Å². The predicted molar refractivity (Wildman–Crippen MR) is 51.2 cm³/mol. The average Bonchev–Trinajstić information content (AvgIpc) is 2.20. The predicted octanol–water partition coefficient (Wildman–Crippen LogP) is 1.29. The van der Waals surface area contributed by atoms with Gasteiger partial charge < -0.3 is 14.6 Å². The quantitative estimate of drug-likeness (QED) is 0.730. The van der Waals surface area contributed by atoms with Gasteiger partial charge in [-0.2, -0.15) is 0 Å². The van der Waals surface area contributed by atoms with E-state index in [0.717, 1.165) is 26.1 Å². The van der Waals surface area contributed by atoms with Crippen molar-refractivity contribution in [3.63, 3.8) is 0 Å². The van der Waals surface area contributed by atoms with Crippen molar-refractivity contribution < 1.29 is 19.4 Å². The van der Waals surface area contributed by atoms with Crippen molar-refractivity contribution >= 4 is 5.97 Å². The summed E-state index contributed by atoms with van der Waals surface area (Å²) in [5.41, 5.74) is 0. The minimum atomic E-state index is -0.862. The molecule has 1 N–H and O–H groups in total. The Morgan fingerprint density at radius 1 is 1.57 bits per heavy atom. The normalized spacial score (nSPS) is 20.6. The molecule has 82 valence electrons. The van der Waals surface area contributed by atoms with E-state index < -0.39 is 12.1 Å². The second-order valence-electron chi connectivity index (χ2n) is 3.62. The van der Waals surface area contributed by atoms with Crippen molar-refractivity contribution in [3.05, 3.63) is 0 Å². The van der Waals surface area contributed by atoms with Crippen molar-refractivity contribution in [2.75, 3.05) is 19.8 Å². The van der Waals surface area contributed by atoms with Gasteiger partial charge >= 0.3 is 5.97 Å². The zero-order valence-electron chi connectivity index (χ0n) is 8.57. The molecular weight excluding hydrogens is 184 g/mol. The van der Waals surface area contributed by atoms with E-state index in [-0.39, 0.29) is 0 Å². The van der Waals surface area contributed by atoms with E-state index in [1.807, 2.05) is 6.92 Å². The molecule has 4 heteroatoms. The van der Waals surface area contributed by atoms with Gasteiger partial charge in [0.2, 0.25) is 0 Å². The maximum atomic E-state index is 10.7. The first kappa shape index (κ1) is 11.5. The highest BCUT2D eigenvalue weighted by molar-refractivity contribution is 5.72. The maximum absolute atomic E-state index is 10.7. The van der Waals surface area contributed by atoms with Crippen LogP contribution in [0.4, 0.5) is 0 Å². The maximum Gasteiger partial charge on any atom is 0.332 e. The smallest absolute Gasteiger partial charge is 0.332 e. The summed E-state index contributed by atoms with van der Waals surface area (Å²) >= 11 is 0. The van der Waals surface area contributed by atoms with Crippen LogP contribution in [0.1, 0.15) is 26.2 Å². The number of rotatable bonds is 5. The Bertz CT molecular complexity index is 175. The van der Waals surface area contributed by atoms with Gasteiger partial charge in [-0.25, -0.2) is 4.79 Å². The van der Waals surface area contributed by atoms with Crippen LogP contribution < -0.4 is 0 Å². The Morgan fingerprint density at radius 2 is 2.21 bits per heavy atom. The lowest BCUT2D eigenvalue weighted by Gasteiger charge is -2.23. The summed E-state index contributed by atoms with van der Waals surface area (Å²) in [7, 11) is 0. The highest BCUT2D eigenvalue weighted by Gasteiger charge is 2.19. The van der Waals surface area contributed by atoms with Crippen LogP contribution in [0.25, 0.3) is 0 Å². The zero-order chi connectivity index (χ0) is 10.4. The van der Waals surface area contributed by atoms with Gasteiger partial charge in [-0.05, 0) is 25.2 Å². The number of ether oxygens (including phenoxy) is 2. The molecule has 0 spiro atoms. The Labute approximate surface area is 84.2 Å². The van der Waals surface area contributed by atoms with Crippen LogP contribution in [0.15, 0.2) is 0 Å². The van der Waals surface area contributed by atoms with Crippen molar-refractivity contribution in [1.29, 1.82) is 0 Å². The molecule has 0 radical (unpaired) electrons. The lowest BCUT2D eigenvalue weighted by atomic mass is 10.0. The van der Waals surface area contributed by atoms with Crippen molar-refractivity contribution in [3.8, 4) is 0 Å². The second-order valence-corrected chi connectivity index (χ2v) is 3.62. The number of hydrogen-bond acceptors (Lipinski definition) is 3. The molecule has 0 bridgehead atoms. The first-order chi connectivity index (χ1) is 6.74. The summed E-state index contributed by atoms with van der Waals surface area (Å²) in [6.45, 7) is 3.92. The summed E-state index contributed by atoms with van der Waals surface area (Å²) in [5.74, 6) is -0.392. The molecule has 1 rings (SSSR count). The number of aliphatic carboxylic acids is 1. The summed E-state index contributed by atoms with van der Waals surface area (Å²) in [6.07, 6.45) is 1.85. The van der Waals surface area contributed by atoms with Crippen LogP contribution >= 0.6 is 0 Å². The topological polar surface area (TPSA) is 55.8 Å². The van der Waals surface area contributed by atoms with Gasteiger partial charge in [-0.1, -0.05) is 6.92 Å². The van der Waals surface area contributed by atoms with Gasteiger partial charge in [0.1, 0.15) is 0 Å².